The quantitative estimate of drug-likeness (QED) is 0.401. The lowest BCUT2D eigenvalue weighted by Crippen LogP contribution is -2.34. The van der Waals surface area contributed by atoms with Crippen LogP contribution in [0.1, 0.15) is 10.4 Å². The zero-order valence-corrected chi connectivity index (χ0v) is 20.2. The summed E-state index contributed by atoms with van der Waals surface area (Å²) < 4.78 is 43.4. The third-order valence-corrected chi connectivity index (χ3v) is 6.20. The molecule has 34 heavy (non-hydrogen) atoms. The van der Waals surface area contributed by atoms with E-state index in [0.29, 0.717) is 28.6 Å². The van der Waals surface area contributed by atoms with E-state index in [0.717, 1.165) is 0 Å². The van der Waals surface area contributed by atoms with Crippen LogP contribution in [-0.4, -0.2) is 40.8 Å². The molecule has 0 heterocycles. The fourth-order valence-corrected chi connectivity index (χ4v) is 4.26. The Labute approximate surface area is 203 Å². The van der Waals surface area contributed by atoms with Crippen molar-refractivity contribution in [3.05, 3.63) is 72.3 Å². The standard InChI is InChI=1S/C23H23N3O6S2/c1-30-19-13-15(14-20(31-2)21(19)32-3)22(27)25-23(33)24-16-9-11-18(12-10-16)34(28,29)26-17-7-5-4-6-8-17/h4-14,26H,1-3H3,(H2,24,25,27,33). The second-order valence-corrected chi connectivity index (χ2v) is 8.91. The topological polar surface area (TPSA) is 115 Å². The molecule has 0 spiro atoms. The summed E-state index contributed by atoms with van der Waals surface area (Å²) >= 11 is 5.22. The van der Waals surface area contributed by atoms with Crippen molar-refractivity contribution in [3.8, 4) is 17.2 Å². The molecule has 1 amide bonds. The number of amides is 1. The van der Waals surface area contributed by atoms with E-state index in [1.54, 1.807) is 30.3 Å². The van der Waals surface area contributed by atoms with E-state index >= 15 is 0 Å². The van der Waals surface area contributed by atoms with Gasteiger partial charge in [0.05, 0.1) is 26.2 Å². The summed E-state index contributed by atoms with van der Waals surface area (Å²) in [5.41, 5.74) is 1.20. The van der Waals surface area contributed by atoms with Crippen molar-refractivity contribution >= 4 is 44.6 Å². The second-order valence-electron chi connectivity index (χ2n) is 6.82. The number of ether oxygens (including phenoxy) is 3. The van der Waals surface area contributed by atoms with Crippen LogP contribution >= 0.6 is 12.2 Å². The molecule has 0 saturated heterocycles. The lowest BCUT2D eigenvalue weighted by Gasteiger charge is -2.15. The molecule has 0 radical (unpaired) electrons. The van der Waals surface area contributed by atoms with Crippen molar-refractivity contribution in [1.29, 1.82) is 0 Å². The first-order chi connectivity index (χ1) is 16.3. The Hall–Kier alpha value is -3.83. The number of methoxy groups -OCH3 is 3. The molecule has 0 aliphatic rings. The number of carbonyl (C=O) groups excluding carboxylic acids is 1. The zero-order valence-electron chi connectivity index (χ0n) is 18.6. The maximum absolute atomic E-state index is 12.7. The lowest BCUT2D eigenvalue weighted by molar-refractivity contribution is 0.0977. The van der Waals surface area contributed by atoms with E-state index in [1.807, 2.05) is 0 Å². The molecule has 0 bridgehead atoms. The molecule has 0 aromatic heterocycles. The molecule has 0 aliphatic heterocycles. The average Bonchev–Trinajstić information content (AvgIpc) is 2.83. The Morgan fingerprint density at radius 1 is 0.824 bits per heavy atom. The van der Waals surface area contributed by atoms with Crippen LogP contribution in [0.25, 0.3) is 0 Å². The van der Waals surface area contributed by atoms with Crippen LogP contribution in [0.4, 0.5) is 11.4 Å². The number of para-hydroxylation sites is 1. The van der Waals surface area contributed by atoms with Gasteiger partial charge in [-0.1, -0.05) is 18.2 Å². The Kier molecular flexibility index (Phi) is 7.92. The molecule has 0 atom stereocenters. The van der Waals surface area contributed by atoms with Crippen molar-refractivity contribution in [2.75, 3.05) is 31.4 Å². The van der Waals surface area contributed by atoms with Crippen LogP contribution in [0.15, 0.2) is 71.6 Å². The van der Waals surface area contributed by atoms with E-state index < -0.39 is 15.9 Å². The highest BCUT2D eigenvalue weighted by molar-refractivity contribution is 7.92. The monoisotopic (exact) mass is 501 g/mol. The van der Waals surface area contributed by atoms with Crippen LogP contribution in [-0.2, 0) is 10.0 Å². The number of carbonyl (C=O) groups is 1. The minimum absolute atomic E-state index is 0.0248. The van der Waals surface area contributed by atoms with Gasteiger partial charge >= 0.3 is 0 Å². The number of hydrogen-bond donors (Lipinski definition) is 3. The molecule has 11 heteroatoms. The summed E-state index contributed by atoms with van der Waals surface area (Å²) in [5, 5.41) is 5.43. The number of benzene rings is 3. The molecule has 9 nitrogen and oxygen atoms in total. The van der Waals surface area contributed by atoms with E-state index in [4.69, 9.17) is 26.4 Å². The summed E-state index contributed by atoms with van der Waals surface area (Å²) in [7, 11) is 0.616. The van der Waals surface area contributed by atoms with Crippen LogP contribution < -0.4 is 29.6 Å². The number of sulfonamides is 1. The van der Waals surface area contributed by atoms with Gasteiger partial charge in [-0.25, -0.2) is 8.42 Å². The van der Waals surface area contributed by atoms with Crippen molar-refractivity contribution in [2.45, 2.75) is 4.90 Å². The molecule has 178 valence electrons. The molecule has 3 rings (SSSR count). The predicted octanol–water partition coefficient (Wildman–Crippen LogP) is 3.64. The van der Waals surface area contributed by atoms with Gasteiger partial charge in [-0.15, -0.1) is 0 Å². The number of rotatable bonds is 8. The Balaban J connectivity index is 1.67. The Morgan fingerprint density at radius 2 is 1.41 bits per heavy atom. The third-order valence-electron chi connectivity index (χ3n) is 4.60. The third kappa shape index (κ3) is 5.94. The SMILES string of the molecule is COc1cc(C(=O)NC(=S)Nc2ccc(S(=O)(=O)Nc3ccccc3)cc2)cc(OC)c1OC. The van der Waals surface area contributed by atoms with Gasteiger partial charge in [0.15, 0.2) is 16.6 Å². The molecular formula is C23H23N3O6S2. The Bertz CT molecular complexity index is 1250. The smallest absolute Gasteiger partial charge is 0.261 e. The minimum Gasteiger partial charge on any atom is -0.493 e. The van der Waals surface area contributed by atoms with Crippen LogP contribution in [0.2, 0.25) is 0 Å². The summed E-state index contributed by atoms with van der Waals surface area (Å²) in [6.07, 6.45) is 0. The molecule has 0 unspecified atom stereocenters. The fraction of sp³-hybridized carbons (Fsp3) is 0.130. The lowest BCUT2D eigenvalue weighted by atomic mass is 10.1. The van der Waals surface area contributed by atoms with Crippen molar-refractivity contribution < 1.29 is 27.4 Å². The van der Waals surface area contributed by atoms with Gasteiger partial charge in [0.25, 0.3) is 15.9 Å². The van der Waals surface area contributed by atoms with Crippen LogP contribution in [0, 0.1) is 0 Å². The number of nitrogens with one attached hydrogen (secondary N) is 3. The predicted molar refractivity (Wildman–Crippen MR) is 133 cm³/mol. The van der Waals surface area contributed by atoms with E-state index in [-0.39, 0.29) is 15.6 Å². The summed E-state index contributed by atoms with van der Waals surface area (Å²) in [6, 6.07) is 17.5. The molecule has 0 fully saturated rings. The average molecular weight is 502 g/mol. The maximum atomic E-state index is 12.7. The number of hydrogen-bond acceptors (Lipinski definition) is 7. The van der Waals surface area contributed by atoms with E-state index in [1.165, 1.54) is 57.7 Å². The summed E-state index contributed by atoms with van der Waals surface area (Å²) in [6.45, 7) is 0. The highest BCUT2D eigenvalue weighted by Gasteiger charge is 2.18. The van der Waals surface area contributed by atoms with Crippen molar-refractivity contribution in [1.82, 2.24) is 5.32 Å². The van der Waals surface area contributed by atoms with Crippen molar-refractivity contribution in [2.24, 2.45) is 0 Å². The van der Waals surface area contributed by atoms with Crippen LogP contribution in [0.3, 0.4) is 0 Å². The highest BCUT2D eigenvalue weighted by Crippen LogP contribution is 2.38. The van der Waals surface area contributed by atoms with Gasteiger partial charge in [-0.05, 0) is 60.7 Å². The Morgan fingerprint density at radius 3 is 1.94 bits per heavy atom. The molecular weight excluding hydrogens is 478 g/mol. The van der Waals surface area contributed by atoms with Gasteiger partial charge in [-0.3, -0.25) is 14.8 Å². The van der Waals surface area contributed by atoms with Crippen molar-refractivity contribution in [3.63, 3.8) is 0 Å². The number of thiocarbonyl (C=S) groups is 1. The first-order valence-electron chi connectivity index (χ1n) is 9.87. The van der Waals surface area contributed by atoms with Gasteiger partial charge in [0.1, 0.15) is 0 Å². The minimum atomic E-state index is -3.75. The highest BCUT2D eigenvalue weighted by atomic mass is 32.2. The number of anilines is 2. The summed E-state index contributed by atoms with van der Waals surface area (Å²) in [5.74, 6) is 0.514. The molecule has 0 saturated carbocycles. The molecule has 3 aromatic rings. The van der Waals surface area contributed by atoms with E-state index in [2.05, 4.69) is 15.4 Å². The first kappa shape index (κ1) is 24.8. The van der Waals surface area contributed by atoms with Gasteiger partial charge in [0.2, 0.25) is 5.75 Å². The van der Waals surface area contributed by atoms with Gasteiger partial charge in [0, 0.05) is 16.9 Å². The van der Waals surface area contributed by atoms with Gasteiger partial charge in [-0.2, -0.15) is 0 Å². The van der Waals surface area contributed by atoms with E-state index in [9.17, 15) is 13.2 Å². The van der Waals surface area contributed by atoms with Crippen LogP contribution in [0.5, 0.6) is 17.2 Å². The second kappa shape index (κ2) is 10.9. The first-order valence-corrected chi connectivity index (χ1v) is 11.8. The zero-order chi connectivity index (χ0) is 24.7. The molecule has 3 N–H and O–H groups in total. The molecule has 3 aromatic carbocycles. The molecule has 0 aliphatic carbocycles. The fourth-order valence-electron chi connectivity index (χ4n) is 2.99. The maximum Gasteiger partial charge on any atom is 0.261 e. The normalized spacial score (nSPS) is 10.7. The summed E-state index contributed by atoms with van der Waals surface area (Å²) in [4.78, 5) is 12.7. The van der Waals surface area contributed by atoms with Gasteiger partial charge < -0.3 is 19.5 Å². The largest absolute Gasteiger partial charge is 0.493 e.